The van der Waals surface area contributed by atoms with Crippen molar-refractivity contribution < 1.29 is 0 Å². The van der Waals surface area contributed by atoms with E-state index >= 15 is 0 Å². The Balaban J connectivity index is 1.55. The zero-order valence-corrected chi connectivity index (χ0v) is 19.4. The second-order valence-electron chi connectivity index (χ2n) is 9.11. The summed E-state index contributed by atoms with van der Waals surface area (Å²) in [4.78, 5) is 3.31. The fourth-order valence-electron chi connectivity index (χ4n) is 4.70. The highest BCUT2D eigenvalue weighted by atomic mass is 32.2. The van der Waals surface area contributed by atoms with Crippen LogP contribution in [0.15, 0.2) is 46.1 Å². The second-order valence-corrected chi connectivity index (χ2v) is 10.2. The van der Waals surface area contributed by atoms with Crippen LogP contribution in [0.4, 0.5) is 5.69 Å². The van der Waals surface area contributed by atoms with Crippen molar-refractivity contribution in [3.63, 3.8) is 0 Å². The number of benzene rings is 2. The predicted molar refractivity (Wildman–Crippen MR) is 128 cm³/mol. The topological polar surface area (TPSA) is 67.3 Å². The number of thioether (sulfide) groups is 1. The summed E-state index contributed by atoms with van der Waals surface area (Å²) in [6.07, 6.45) is 5.83. The highest BCUT2D eigenvalue weighted by molar-refractivity contribution is 8.03. The molecule has 0 saturated heterocycles. The average molecular weight is 423 g/mol. The van der Waals surface area contributed by atoms with Crippen LogP contribution in [0, 0.1) is 5.92 Å². The number of rotatable bonds is 6. The van der Waals surface area contributed by atoms with Crippen LogP contribution in [-0.4, -0.2) is 19.0 Å². The Bertz CT molecular complexity index is 962. The van der Waals surface area contributed by atoms with Crippen LogP contribution < -0.4 is 16.8 Å². The number of aryl methyl sites for hydroxylation is 1. The lowest BCUT2D eigenvalue weighted by Crippen LogP contribution is -2.18. The van der Waals surface area contributed by atoms with Gasteiger partial charge in [-0.1, -0.05) is 36.9 Å². The first kappa shape index (κ1) is 21.1. The highest BCUT2D eigenvalue weighted by Crippen LogP contribution is 2.41. The first-order valence-electron chi connectivity index (χ1n) is 11.0. The fourth-order valence-corrected chi connectivity index (χ4v) is 5.39. The Labute approximate surface area is 185 Å². The summed E-state index contributed by atoms with van der Waals surface area (Å²) >= 11 is 1.52. The van der Waals surface area contributed by atoms with Gasteiger partial charge < -0.3 is 21.7 Å². The van der Waals surface area contributed by atoms with E-state index in [-0.39, 0.29) is 0 Å². The van der Waals surface area contributed by atoms with Gasteiger partial charge in [0.1, 0.15) is 10.9 Å². The zero-order valence-electron chi connectivity index (χ0n) is 18.6. The predicted octanol–water partition coefficient (Wildman–Crippen LogP) is 4.78. The summed E-state index contributed by atoms with van der Waals surface area (Å²) in [6, 6.07) is 11.4. The molecule has 0 spiro atoms. The zero-order chi connectivity index (χ0) is 21.4. The molecule has 0 fully saturated rings. The van der Waals surface area contributed by atoms with Crippen molar-refractivity contribution in [1.29, 1.82) is 0 Å². The summed E-state index contributed by atoms with van der Waals surface area (Å²) in [5.41, 5.74) is 21.3. The van der Waals surface area contributed by atoms with Crippen molar-refractivity contribution in [2.45, 2.75) is 56.9 Å². The molecule has 5 heteroatoms. The molecule has 0 saturated carbocycles. The molecule has 2 aromatic rings. The van der Waals surface area contributed by atoms with Crippen LogP contribution in [0.3, 0.4) is 0 Å². The summed E-state index contributed by atoms with van der Waals surface area (Å²) in [7, 11) is 4.19. The summed E-state index contributed by atoms with van der Waals surface area (Å²) in [5, 5.41) is 4.16. The van der Waals surface area contributed by atoms with E-state index < -0.39 is 0 Å². The minimum absolute atomic E-state index is 0.383. The van der Waals surface area contributed by atoms with Gasteiger partial charge in [0.25, 0.3) is 0 Å². The van der Waals surface area contributed by atoms with Gasteiger partial charge in [-0.3, -0.25) is 0 Å². The van der Waals surface area contributed by atoms with Crippen LogP contribution in [0.25, 0.3) is 0 Å². The second kappa shape index (κ2) is 8.56. The molecule has 30 heavy (non-hydrogen) atoms. The maximum atomic E-state index is 6.45. The normalized spacial score (nSPS) is 19.4. The molecule has 2 aromatic carbocycles. The van der Waals surface area contributed by atoms with E-state index in [1.807, 2.05) is 0 Å². The molecule has 0 amide bonds. The van der Waals surface area contributed by atoms with E-state index in [0.717, 1.165) is 17.7 Å². The van der Waals surface area contributed by atoms with Crippen molar-refractivity contribution in [1.82, 2.24) is 4.90 Å². The van der Waals surface area contributed by atoms with Gasteiger partial charge in [0.05, 0.1) is 0 Å². The number of hydrogen-bond acceptors (Lipinski definition) is 5. The van der Waals surface area contributed by atoms with Crippen LogP contribution in [0.5, 0.6) is 0 Å². The molecule has 0 radical (unpaired) electrons. The first-order chi connectivity index (χ1) is 14.3. The summed E-state index contributed by atoms with van der Waals surface area (Å²) < 4.78 is 0. The maximum Gasteiger partial charge on any atom is 0.131 e. The van der Waals surface area contributed by atoms with Crippen LogP contribution in [-0.2, 0) is 25.7 Å². The Morgan fingerprint density at radius 3 is 2.50 bits per heavy atom. The van der Waals surface area contributed by atoms with E-state index in [9.17, 15) is 0 Å². The van der Waals surface area contributed by atoms with Crippen LogP contribution in [0.1, 0.15) is 54.1 Å². The number of hydrogen-bond donors (Lipinski definition) is 3. The molecule has 2 aliphatic rings. The number of fused-ring (bicyclic) bond motifs is 2. The summed E-state index contributed by atoms with van der Waals surface area (Å²) in [6.45, 7) is 4.54. The third kappa shape index (κ3) is 4.19. The van der Waals surface area contributed by atoms with Gasteiger partial charge in [-0.25, -0.2) is 0 Å². The fraction of sp³-hybridized carbons (Fsp3) is 0.440. The van der Waals surface area contributed by atoms with Crippen molar-refractivity contribution in [2.24, 2.45) is 17.4 Å². The van der Waals surface area contributed by atoms with Crippen molar-refractivity contribution in [3.05, 3.63) is 69.0 Å². The lowest BCUT2D eigenvalue weighted by Gasteiger charge is -2.20. The largest absolute Gasteiger partial charge is 0.390 e. The molecule has 0 aromatic heterocycles. The quantitative estimate of drug-likeness (QED) is 0.585. The average Bonchev–Trinajstić information content (AvgIpc) is 3.33. The van der Waals surface area contributed by atoms with E-state index in [2.05, 4.69) is 68.5 Å². The molecular weight excluding hydrogens is 388 g/mol. The standard InChI is InChI=1S/C25H34N4S/c1-15-12-19-14-18-6-5-7-21(18)23(22(19)13-15)28-24(26)25(27)30-20-10-8-17(9-11-20)16(2)29(3)4/h8-11,14-16,28H,5-7,12-13,26-27H2,1-4H3/b25-24+. The third-order valence-corrected chi connectivity index (χ3v) is 7.56. The molecule has 0 heterocycles. The lowest BCUT2D eigenvalue weighted by atomic mass is 9.98. The van der Waals surface area contributed by atoms with Gasteiger partial charge in [-0.05, 0) is 99.0 Å². The van der Waals surface area contributed by atoms with E-state index in [4.69, 9.17) is 11.5 Å². The van der Waals surface area contributed by atoms with E-state index in [1.165, 1.54) is 64.5 Å². The Morgan fingerprint density at radius 1 is 1.07 bits per heavy atom. The monoisotopic (exact) mass is 422 g/mol. The number of nitrogens with one attached hydrogen (secondary N) is 1. The molecule has 0 bridgehead atoms. The minimum Gasteiger partial charge on any atom is -0.390 e. The Kier molecular flexibility index (Phi) is 6.03. The summed E-state index contributed by atoms with van der Waals surface area (Å²) in [5.74, 6) is 1.26. The highest BCUT2D eigenvalue weighted by Gasteiger charge is 2.27. The lowest BCUT2D eigenvalue weighted by molar-refractivity contribution is 0.321. The van der Waals surface area contributed by atoms with Gasteiger partial charge >= 0.3 is 0 Å². The van der Waals surface area contributed by atoms with Gasteiger partial charge in [-0.2, -0.15) is 0 Å². The third-order valence-electron chi connectivity index (χ3n) is 6.61. The van der Waals surface area contributed by atoms with Crippen molar-refractivity contribution in [3.8, 4) is 0 Å². The van der Waals surface area contributed by atoms with Crippen LogP contribution in [0.2, 0.25) is 0 Å². The Hall–Kier alpha value is -2.11. The molecule has 2 atom stereocenters. The number of nitrogens with two attached hydrogens (primary N) is 2. The van der Waals surface area contributed by atoms with E-state index in [1.54, 1.807) is 0 Å². The van der Waals surface area contributed by atoms with Gasteiger partial charge in [0.15, 0.2) is 0 Å². The number of nitrogens with zero attached hydrogens (tertiary/aromatic N) is 1. The molecule has 4 nitrogen and oxygen atoms in total. The smallest absolute Gasteiger partial charge is 0.131 e. The van der Waals surface area contributed by atoms with Gasteiger partial charge in [0.2, 0.25) is 0 Å². The molecule has 2 unspecified atom stereocenters. The minimum atomic E-state index is 0.383. The van der Waals surface area contributed by atoms with Crippen LogP contribution >= 0.6 is 11.8 Å². The van der Waals surface area contributed by atoms with E-state index in [0.29, 0.717) is 22.8 Å². The molecule has 5 N–H and O–H groups in total. The SMILES string of the molecule is CC1Cc2cc3c(c(N/C(N)=C(\N)Sc4ccc(C(C)N(C)C)cc4)c2C1)CCC3. The number of anilines is 1. The molecule has 2 aliphatic carbocycles. The van der Waals surface area contributed by atoms with Gasteiger partial charge in [-0.15, -0.1) is 0 Å². The molecule has 4 rings (SSSR count). The Morgan fingerprint density at radius 2 is 1.80 bits per heavy atom. The van der Waals surface area contributed by atoms with Crippen molar-refractivity contribution >= 4 is 17.4 Å². The molecular formula is C25H34N4S. The molecule has 0 aliphatic heterocycles. The first-order valence-corrected chi connectivity index (χ1v) is 11.8. The molecule has 160 valence electrons. The van der Waals surface area contributed by atoms with Crippen molar-refractivity contribution in [2.75, 3.05) is 19.4 Å². The van der Waals surface area contributed by atoms with Gasteiger partial charge in [0, 0.05) is 16.6 Å². The maximum absolute atomic E-state index is 6.45.